The van der Waals surface area contributed by atoms with E-state index in [1.807, 2.05) is 0 Å². The van der Waals surface area contributed by atoms with E-state index >= 15 is 0 Å². The first-order valence-corrected chi connectivity index (χ1v) is 8.89. The molecule has 140 valence electrons. The lowest BCUT2D eigenvalue weighted by Gasteiger charge is -2.07. The Bertz CT molecular complexity index is 887. The molecule has 3 N–H and O–H groups in total. The van der Waals surface area contributed by atoms with Crippen molar-refractivity contribution in [2.45, 2.75) is 4.90 Å². The second kappa shape index (κ2) is 9.75. The zero-order chi connectivity index (χ0) is 19.8. The normalized spacial score (nSPS) is 10.6. The minimum absolute atomic E-state index is 0.0729. The van der Waals surface area contributed by atoms with Crippen LogP contribution in [0.3, 0.4) is 0 Å². The lowest BCUT2D eigenvalue weighted by molar-refractivity contribution is -0.131. The maximum absolute atomic E-state index is 13.1. The van der Waals surface area contributed by atoms with Crippen LogP contribution in [0.1, 0.15) is 0 Å². The zero-order valence-corrected chi connectivity index (χ0v) is 15.3. The summed E-state index contributed by atoms with van der Waals surface area (Å²) in [5.74, 6) is -2.48. The Kier molecular flexibility index (Phi) is 7.39. The summed E-state index contributed by atoms with van der Waals surface area (Å²) in [4.78, 5) is 34.6. The fourth-order valence-corrected chi connectivity index (χ4v) is 2.76. The number of carbonyl (C=O) groups is 3. The fourth-order valence-electron chi connectivity index (χ4n) is 1.89. The van der Waals surface area contributed by atoms with E-state index in [1.165, 1.54) is 30.0 Å². The van der Waals surface area contributed by atoms with E-state index in [9.17, 15) is 18.8 Å². The molecule has 0 aliphatic carbocycles. The molecular weight excluding hydrogens is 395 g/mol. The zero-order valence-electron chi connectivity index (χ0n) is 13.7. The molecule has 2 rings (SSSR count). The number of amides is 2. The predicted molar refractivity (Wildman–Crippen MR) is 103 cm³/mol. The van der Waals surface area contributed by atoms with Crippen molar-refractivity contribution in [2.75, 3.05) is 16.4 Å². The molecule has 0 aliphatic rings. The number of hydrogen-bond donors (Lipinski definition) is 3. The highest BCUT2D eigenvalue weighted by atomic mass is 35.5. The number of aliphatic carboxylic acids is 1. The molecule has 27 heavy (non-hydrogen) atoms. The van der Waals surface area contributed by atoms with Gasteiger partial charge in [0.15, 0.2) is 0 Å². The standard InChI is InChI=1S/C18H14ClFN2O4S/c19-14-9-12(3-6-15(14)20)22-17(24)10-27-13-4-1-11(2-5-13)21-16(23)7-8-18(25)26/h1-9H,10H2,(H,21,23)(H,22,24)(H,25,26)/b8-7+. The molecule has 0 atom stereocenters. The summed E-state index contributed by atoms with van der Waals surface area (Å²) in [7, 11) is 0. The van der Waals surface area contributed by atoms with Crippen LogP contribution in [0, 0.1) is 5.82 Å². The highest BCUT2D eigenvalue weighted by Gasteiger charge is 2.07. The Morgan fingerprint density at radius 1 is 1.04 bits per heavy atom. The summed E-state index contributed by atoms with van der Waals surface area (Å²) in [6.45, 7) is 0. The Morgan fingerprint density at radius 2 is 1.70 bits per heavy atom. The summed E-state index contributed by atoms with van der Waals surface area (Å²) in [6, 6.07) is 10.6. The van der Waals surface area contributed by atoms with E-state index in [1.54, 1.807) is 24.3 Å². The van der Waals surface area contributed by atoms with Gasteiger partial charge in [0.25, 0.3) is 0 Å². The molecule has 0 spiro atoms. The summed E-state index contributed by atoms with van der Waals surface area (Å²) in [5, 5.41) is 13.5. The van der Waals surface area contributed by atoms with Gasteiger partial charge in [-0.25, -0.2) is 9.18 Å². The van der Waals surface area contributed by atoms with Crippen molar-refractivity contribution in [3.05, 3.63) is 65.5 Å². The van der Waals surface area contributed by atoms with E-state index in [2.05, 4.69) is 10.6 Å². The number of nitrogens with one attached hydrogen (secondary N) is 2. The van der Waals surface area contributed by atoms with Gasteiger partial charge in [0.2, 0.25) is 11.8 Å². The summed E-state index contributed by atoms with van der Waals surface area (Å²) < 4.78 is 13.1. The Morgan fingerprint density at radius 3 is 2.33 bits per heavy atom. The van der Waals surface area contributed by atoms with Crippen molar-refractivity contribution in [3.8, 4) is 0 Å². The van der Waals surface area contributed by atoms with Gasteiger partial charge >= 0.3 is 5.97 Å². The average molecular weight is 409 g/mol. The Labute approximate surface area is 163 Å². The smallest absolute Gasteiger partial charge is 0.328 e. The molecule has 0 aromatic heterocycles. The minimum Gasteiger partial charge on any atom is -0.478 e. The van der Waals surface area contributed by atoms with Crippen molar-refractivity contribution in [1.29, 1.82) is 0 Å². The van der Waals surface area contributed by atoms with Crippen LogP contribution in [0.2, 0.25) is 5.02 Å². The molecule has 0 unspecified atom stereocenters. The van der Waals surface area contributed by atoms with E-state index in [4.69, 9.17) is 16.7 Å². The minimum atomic E-state index is -1.21. The van der Waals surface area contributed by atoms with Crippen LogP contribution in [0.15, 0.2) is 59.5 Å². The van der Waals surface area contributed by atoms with Crippen LogP contribution in [0.4, 0.5) is 15.8 Å². The van der Waals surface area contributed by atoms with Crippen molar-refractivity contribution in [1.82, 2.24) is 0 Å². The van der Waals surface area contributed by atoms with Gasteiger partial charge in [0.05, 0.1) is 10.8 Å². The maximum atomic E-state index is 13.1. The van der Waals surface area contributed by atoms with Crippen LogP contribution in [-0.2, 0) is 14.4 Å². The second-order valence-electron chi connectivity index (χ2n) is 5.15. The fraction of sp³-hybridized carbons (Fsp3) is 0.0556. The second-order valence-corrected chi connectivity index (χ2v) is 6.61. The van der Waals surface area contributed by atoms with Gasteiger partial charge in [-0.05, 0) is 42.5 Å². The topological polar surface area (TPSA) is 95.5 Å². The predicted octanol–water partition coefficient (Wildman–Crippen LogP) is 3.79. The molecule has 0 radical (unpaired) electrons. The molecular formula is C18H14ClFN2O4S. The van der Waals surface area contributed by atoms with Gasteiger partial charge < -0.3 is 15.7 Å². The molecule has 0 fully saturated rings. The highest BCUT2D eigenvalue weighted by molar-refractivity contribution is 8.00. The molecule has 2 aromatic carbocycles. The van der Waals surface area contributed by atoms with Gasteiger partial charge in [0.1, 0.15) is 5.82 Å². The number of hydrogen-bond acceptors (Lipinski definition) is 4. The monoisotopic (exact) mass is 408 g/mol. The highest BCUT2D eigenvalue weighted by Crippen LogP contribution is 2.22. The van der Waals surface area contributed by atoms with Gasteiger partial charge in [0, 0.05) is 28.4 Å². The number of halogens is 2. The quantitative estimate of drug-likeness (QED) is 0.478. The first-order valence-electron chi connectivity index (χ1n) is 7.53. The molecule has 9 heteroatoms. The number of carboxylic acid groups (broad SMARTS) is 1. The van der Waals surface area contributed by atoms with Crippen LogP contribution in [0.25, 0.3) is 0 Å². The number of rotatable bonds is 7. The third kappa shape index (κ3) is 7.12. The number of benzene rings is 2. The van der Waals surface area contributed by atoms with Crippen molar-refractivity contribution >= 4 is 52.5 Å². The van der Waals surface area contributed by atoms with Gasteiger partial charge in [-0.3, -0.25) is 9.59 Å². The molecule has 0 heterocycles. The molecule has 0 aliphatic heterocycles. The summed E-state index contributed by atoms with van der Waals surface area (Å²) in [5.41, 5.74) is 0.893. The van der Waals surface area contributed by atoms with Crippen LogP contribution < -0.4 is 10.6 Å². The maximum Gasteiger partial charge on any atom is 0.328 e. The average Bonchev–Trinajstić information content (AvgIpc) is 2.62. The number of carboxylic acids is 1. The summed E-state index contributed by atoms with van der Waals surface area (Å²) in [6.07, 6.45) is 1.66. The van der Waals surface area contributed by atoms with E-state index in [0.29, 0.717) is 11.4 Å². The summed E-state index contributed by atoms with van der Waals surface area (Å²) >= 11 is 6.93. The number of thioether (sulfide) groups is 1. The molecule has 0 bridgehead atoms. The van der Waals surface area contributed by atoms with Gasteiger partial charge in [-0.1, -0.05) is 11.6 Å². The van der Waals surface area contributed by atoms with Crippen molar-refractivity contribution < 1.29 is 23.9 Å². The molecule has 0 saturated carbocycles. The van der Waals surface area contributed by atoms with Crippen LogP contribution >= 0.6 is 23.4 Å². The molecule has 2 aromatic rings. The first kappa shape index (κ1) is 20.5. The first-order chi connectivity index (χ1) is 12.8. The van der Waals surface area contributed by atoms with Crippen LogP contribution in [-0.4, -0.2) is 28.6 Å². The number of anilines is 2. The molecule has 6 nitrogen and oxygen atoms in total. The van der Waals surface area contributed by atoms with Crippen molar-refractivity contribution in [2.24, 2.45) is 0 Å². The van der Waals surface area contributed by atoms with E-state index in [-0.39, 0.29) is 16.7 Å². The van der Waals surface area contributed by atoms with Crippen LogP contribution in [0.5, 0.6) is 0 Å². The van der Waals surface area contributed by atoms with Gasteiger partial charge in [-0.2, -0.15) is 0 Å². The number of carbonyl (C=O) groups excluding carboxylic acids is 2. The Balaban J connectivity index is 1.83. The molecule has 0 saturated heterocycles. The third-order valence-corrected chi connectivity index (χ3v) is 4.37. The largest absolute Gasteiger partial charge is 0.478 e. The van der Waals surface area contributed by atoms with Gasteiger partial charge in [-0.15, -0.1) is 11.8 Å². The Hall–Kier alpha value is -2.84. The van der Waals surface area contributed by atoms with Crippen molar-refractivity contribution in [3.63, 3.8) is 0 Å². The third-order valence-electron chi connectivity index (χ3n) is 3.07. The van der Waals surface area contributed by atoms with E-state index in [0.717, 1.165) is 17.0 Å². The lowest BCUT2D eigenvalue weighted by Crippen LogP contribution is -2.14. The van der Waals surface area contributed by atoms with E-state index < -0.39 is 17.7 Å². The SMILES string of the molecule is O=C(O)/C=C/C(=O)Nc1ccc(SCC(=O)Nc2ccc(F)c(Cl)c2)cc1. The molecule has 2 amide bonds. The lowest BCUT2D eigenvalue weighted by atomic mass is 10.3.